The van der Waals surface area contributed by atoms with Crippen molar-refractivity contribution in [3.05, 3.63) is 88.2 Å². The summed E-state index contributed by atoms with van der Waals surface area (Å²) in [6.45, 7) is 1.06. The predicted octanol–water partition coefficient (Wildman–Crippen LogP) is 4.02. The van der Waals surface area contributed by atoms with E-state index in [0.29, 0.717) is 11.3 Å². The SMILES string of the molecule is Cc1oc2ncn(C)c(=O)c2c1C(=O)OCC(=O)c1c(-c2ccccc2)[nH]c2ccccc12. The van der Waals surface area contributed by atoms with Gasteiger partial charge in [0.15, 0.2) is 6.61 Å². The molecular formula is C25H19N3O5. The Balaban J connectivity index is 1.49. The Morgan fingerprint density at radius 3 is 2.58 bits per heavy atom. The lowest BCUT2D eigenvalue weighted by Crippen LogP contribution is -2.20. The number of aromatic amines is 1. The molecule has 0 aliphatic heterocycles. The molecule has 0 radical (unpaired) electrons. The first-order chi connectivity index (χ1) is 16.0. The Morgan fingerprint density at radius 2 is 1.79 bits per heavy atom. The van der Waals surface area contributed by atoms with E-state index in [0.717, 1.165) is 16.5 Å². The molecule has 0 spiro atoms. The number of nitrogens with one attached hydrogen (secondary N) is 1. The van der Waals surface area contributed by atoms with Crippen molar-refractivity contribution < 1.29 is 18.7 Å². The maximum absolute atomic E-state index is 13.3. The zero-order valence-electron chi connectivity index (χ0n) is 17.9. The molecule has 33 heavy (non-hydrogen) atoms. The predicted molar refractivity (Wildman–Crippen MR) is 122 cm³/mol. The van der Waals surface area contributed by atoms with Gasteiger partial charge in [-0.15, -0.1) is 0 Å². The lowest BCUT2D eigenvalue weighted by molar-refractivity contribution is 0.0475. The van der Waals surface area contributed by atoms with Crippen LogP contribution < -0.4 is 5.56 Å². The standard InChI is InChI=1S/C25H19N3O5/c1-14-19(21-23(33-14)26-13-28(2)24(21)30)25(31)32-12-18(29)20-16-10-6-7-11-17(16)27-22(20)15-8-4-3-5-9-15/h3-11,13,27H,12H2,1-2H3. The Morgan fingerprint density at radius 1 is 1.06 bits per heavy atom. The largest absolute Gasteiger partial charge is 0.454 e. The zero-order chi connectivity index (χ0) is 23.1. The highest BCUT2D eigenvalue weighted by Gasteiger charge is 2.26. The van der Waals surface area contributed by atoms with Crippen LogP contribution >= 0.6 is 0 Å². The van der Waals surface area contributed by atoms with Crippen LogP contribution in [0, 0.1) is 6.92 Å². The summed E-state index contributed by atoms with van der Waals surface area (Å²) in [5.74, 6) is -0.975. The molecule has 0 aliphatic carbocycles. The summed E-state index contributed by atoms with van der Waals surface area (Å²) in [6.07, 6.45) is 1.31. The highest BCUT2D eigenvalue weighted by Crippen LogP contribution is 2.31. The minimum absolute atomic E-state index is 0.0197. The fourth-order valence-electron chi connectivity index (χ4n) is 3.96. The van der Waals surface area contributed by atoms with Gasteiger partial charge >= 0.3 is 5.97 Å². The summed E-state index contributed by atoms with van der Waals surface area (Å²) in [4.78, 5) is 46.0. The lowest BCUT2D eigenvalue weighted by Gasteiger charge is -2.06. The number of aromatic nitrogens is 3. The van der Waals surface area contributed by atoms with E-state index in [2.05, 4.69) is 9.97 Å². The molecule has 0 bridgehead atoms. The van der Waals surface area contributed by atoms with E-state index < -0.39 is 18.1 Å². The second-order valence-electron chi connectivity index (χ2n) is 7.66. The van der Waals surface area contributed by atoms with Crippen LogP contribution in [0.4, 0.5) is 0 Å². The number of benzene rings is 2. The van der Waals surface area contributed by atoms with Crippen molar-refractivity contribution in [2.75, 3.05) is 6.61 Å². The average molecular weight is 441 g/mol. The van der Waals surface area contributed by atoms with Crippen LogP contribution in [-0.4, -0.2) is 32.9 Å². The topological polar surface area (TPSA) is 107 Å². The van der Waals surface area contributed by atoms with Crippen LogP contribution in [0.25, 0.3) is 33.3 Å². The summed E-state index contributed by atoms with van der Waals surface area (Å²) in [6, 6.07) is 16.9. The van der Waals surface area contributed by atoms with Crippen LogP contribution in [0.5, 0.6) is 0 Å². The second-order valence-corrected chi connectivity index (χ2v) is 7.66. The average Bonchev–Trinajstić information content (AvgIpc) is 3.38. The molecule has 0 aliphatic rings. The van der Waals surface area contributed by atoms with Gasteiger partial charge < -0.3 is 18.7 Å². The lowest BCUT2D eigenvalue weighted by atomic mass is 10.0. The van der Waals surface area contributed by atoms with Gasteiger partial charge in [0.25, 0.3) is 5.56 Å². The third-order valence-electron chi connectivity index (χ3n) is 5.53. The summed E-state index contributed by atoms with van der Waals surface area (Å²) in [5, 5.41) is 0.771. The van der Waals surface area contributed by atoms with Crippen molar-refractivity contribution in [3.63, 3.8) is 0 Å². The number of hydrogen-bond donors (Lipinski definition) is 1. The van der Waals surface area contributed by atoms with Gasteiger partial charge in [0, 0.05) is 18.0 Å². The van der Waals surface area contributed by atoms with Crippen molar-refractivity contribution in [1.29, 1.82) is 0 Å². The highest BCUT2D eigenvalue weighted by atomic mass is 16.5. The van der Waals surface area contributed by atoms with Gasteiger partial charge in [-0.1, -0.05) is 48.5 Å². The molecule has 8 nitrogen and oxygen atoms in total. The van der Waals surface area contributed by atoms with Crippen molar-refractivity contribution >= 4 is 33.8 Å². The number of furan rings is 1. The normalized spacial score (nSPS) is 11.2. The summed E-state index contributed by atoms with van der Waals surface area (Å²) >= 11 is 0. The number of H-pyrrole nitrogens is 1. The van der Waals surface area contributed by atoms with Gasteiger partial charge in [-0.05, 0) is 18.6 Å². The number of esters is 1. The first-order valence-electron chi connectivity index (χ1n) is 10.3. The van der Waals surface area contributed by atoms with Gasteiger partial charge in [-0.2, -0.15) is 0 Å². The molecule has 5 aromatic rings. The molecule has 2 aromatic carbocycles. The fourth-order valence-corrected chi connectivity index (χ4v) is 3.96. The van der Waals surface area contributed by atoms with Gasteiger partial charge in [0.1, 0.15) is 23.0 Å². The number of aryl methyl sites for hydroxylation is 2. The maximum Gasteiger partial charge on any atom is 0.343 e. The maximum atomic E-state index is 13.3. The number of carbonyl (C=O) groups is 2. The van der Waals surface area contributed by atoms with Crippen LogP contribution in [0.2, 0.25) is 0 Å². The number of nitrogens with zero attached hydrogens (tertiary/aromatic N) is 2. The van der Waals surface area contributed by atoms with Crippen molar-refractivity contribution in [2.45, 2.75) is 6.92 Å². The molecule has 0 fully saturated rings. The Labute approximate surface area is 187 Å². The third kappa shape index (κ3) is 3.41. The molecule has 0 atom stereocenters. The number of hydrogen-bond acceptors (Lipinski definition) is 6. The van der Waals surface area contributed by atoms with E-state index in [1.807, 2.05) is 54.6 Å². The molecule has 1 N–H and O–H groups in total. The molecule has 8 heteroatoms. The summed E-state index contributed by atoms with van der Waals surface area (Å²) < 4.78 is 12.1. The van der Waals surface area contributed by atoms with Crippen LogP contribution in [-0.2, 0) is 11.8 Å². The molecule has 0 unspecified atom stereocenters. The van der Waals surface area contributed by atoms with E-state index in [-0.39, 0.29) is 28.2 Å². The van der Waals surface area contributed by atoms with E-state index in [9.17, 15) is 14.4 Å². The van der Waals surface area contributed by atoms with E-state index in [1.54, 1.807) is 6.92 Å². The Kier molecular flexibility index (Phi) is 4.90. The molecular weight excluding hydrogens is 422 g/mol. The second kappa shape index (κ2) is 7.90. The summed E-state index contributed by atoms with van der Waals surface area (Å²) in [5.41, 5.74) is 2.34. The van der Waals surface area contributed by atoms with Crippen molar-refractivity contribution in [2.24, 2.45) is 7.05 Å². The number of ketones is 1. The monoisotopic (exact) mass is 441 g/mol. The fraction of sp³-hybridized carbons (Fsp3) is 0.120. The summed E-state index contributed by atoms with van der Waals surface area (Å²) in [7, 11) is 1.53. The smallest absolute Gasteiger partial charge is 0.343 e. The van der Waals surface area contributed by atoms with Gasteiger partial charge in [0.05, 0.1) is 11.3 Å². The number of ether oxygens (including phenoxy) is 1. The van der Waals surface area contributed by atoms with E-state index in [1.165, 1.54) is 17.9 Å². The Bertz CT molecular complexity index is 1590. The van der Waals surface area contributed by atoms with Crippen molar-refractivity contribution in [1.82, 2.24) is 14.5 Å². The molecule has 0 saturated carbocycles. The number of fused-ring (bicyclic) bond motifs is 2. The minimum Gasteiger partial charge on any atom is -0.454 e. The van der Waals surface area contributed by atoms with Gasteiger partial charge in [0.2, 0.25) is 11.5 Å². The number of rotatable bonds is 5. The van der Waals surface area contributed by atoms with Gasteiger partial charge in [-0.25, -0.2) is 9.78 Å². The molecule has 0 amide bonds. The molecule has 5 rings (SSSR count). The quantitative estimate of drug-likeness (QED) is 0.326. The first kappa shape index (κ1) is 20.4. The number of para-hydroxylation sites is 1. The third-order valence-corrected chi connectivity index (χ3v) is 5.53. The molecule has 3 heterocycles. The van der Waals surface area contributed by atoms with Gasteiger partial charge in [-0.3, -0.25) is 9.59 Å². The first-order valence-corrected chi connectivity index (χ1v) is 10.3. The van der Waals surface area contributed by atoms with E-state index >= 15 is 0 Å². The van der Waals surface area contributed by atoms with Crippen LogP contribution in [0.3, 0.4) is 0 Å². The van der Waals surface area contributed by atoms with Crippen molar-refractivity contribution in [3.8, 4) is 11.3 Å². The highest BCUT2D eigenvalue weighted by molar-refractivity contribution is 6.14. The number of carbonyl (C=O) groups excluding carboxylic acids is 2. The van der Waals surface area contributed by atoms with Crippen LogP contribution in [0.1, 0.15) is 26.5 Å². The van der Waals surface area contributed by atoms with E-state index in [4.69, 9.17) is 9.15 Å². The molecule has 164 valence electrons. The number of Topliss-reactive ketones (excluding diaryl/α,β-unsaturated/α-hetero) is 1. The van der Waals surface area contributed by atoms with Crippen LogP contribution in [0.15, 0.2) is 70.1 Å². The minimum atomic E-state index is -0.814. The Hall–Kier alpha value is -4.46. The zero-order valence-corrected chi connectivity index (χ0v) is 17.9. The molecule has 3 aromatic heterocycles. The molecule has 0 saturated heterocycles.